The van der Waals surface area contributed by atoms with Gasteiger partial charge in [-0.05, 0) is 31.0 Å². The fourth-order valence-corrected chi connectivity index (χ4v) is 2.14. The summed E-state index contributed by atoms with van der Waals surface area (Å²) in [4.78, 5) is 15.4. The highest BCUT2D eigenvalue weighted by Gasteiger charge is 2.04. The molecule has 136 valence electrons. The van der Waals surface area contributed by atoms with Crippen molar-refractivity contribution in [1.29, 1.82) is 0 Å². The zero-order valence-electron chi connectivity index (χ0n) is 14.2. The number of halogens is 2. The van der Waals surface area contributed by atoms with Crippen LogP contribution in [-0.2, 0) is 16.0 Å². The Labute approximate surface area is 165 Å². The van der Waals surface area contributed by atoms with Crippen LogP contribution in [0.5, 0.6) is 5.75 Å². The highest BCUT2D eigenvalue weighted by atomic mass is 127. The molecule has 0 saturated carbocycles. The van der Waals surface area contributed by atoms with E-state index in [1.807, 2.05) is 19.1 Å². The van der Waals surface area contributed by atoms with Gasteiger partial charge in [0.2, 0.25) is 0 Å². The lowest BCUT2D eigenvalue weighted by atomic mass is 10.1. The largest absolute Gasteiger partial charge is 0.497 e. The number of guanidine groups is 1. The number of nitrogens with zero attached hydrogens (tertiary/aromatic N) is 1. The monoisotopic (exact) mass is 469 g/mol. The van der Waals surface area contributed by atoms with Gasteiger partial charge in [-0.25, -0.2) is 0 Å². The van der Waals surface area contributed by atoms with E-state index in [1.54, 1.807) is 13.2 Å². The average Bonchev–Trinajstić information content (AvgIpc) is 2.55. The molecule has 24 heavy (non-hydrogen) atoms. The van der Waals surface area contributed by atoms with Crippen LogP contribution in [0, 0.1) is 0 Å². The van der Waals surface area contributed by atoms with E-state index in [4.69, 9.17) is 16.3 Å². The number of rotatable bonds is 8. The first-order chi connectivity index (χ1) is 11.1. The van der Waals surface area contributed by atoms with E-state index in [0.717, 1.165) is 24.3 Å². The minimum atomic E-state index is -0.269. The summed E-state index contributed by atoms with van der Waals surface area (Å²) in [5.74, 6) is 1.14. The quantitative estimate of drug-likeness (QED) is 0.265. The summed E-state index contributed by atoms with van der Waals surface area (Å²) in [6, 6.07) is 5.63. The first-order valence-electron chi connectivity index (χ1n) is 7.52. The number of methoxy groups -OCH3 is 2. The molecule has 0 aliphatic rings. The fraction of sp³-hybridized carbons (Fsp3) is 0.500. The van der Waals surface area contributed by atoms with Gasteiger partial charge in [-0.1, -0.05) is 17.7 Å². The van der Waals surface area contributed by atoms with Gasteiger partial charge in [-0.2, -0.15) is 0 Å². The van der Waals surface area contributed by atoms with Gasteiger partial charge in [0.15, 0.2) is 5.96 Å². The predicted molar refractivity (Wildman–Crippen MR) is 108 cm³/mol. The standard InChI is InChI=1S/C16H24ClN3O3.HI/c1-4-18-16(20-10-8-15(21)23-3)19-9-7-12-5-6-13(22-2)11-14(12)17;/h5-6,11H,4,7-10H2,1-3H3,(H2,18,19,20);1H. The summed E-state index contributed by atoms with van der Waals surface area (Å²) in [6.07, 6.45) is 1.02. The van der Waals surface area contributed by atoms with Gasteiger partial charge in [-0.3, -0.25) is 9.79 Å². The molecule has 2 N–H and O–H groups in total. The van der Waals surface area contributed by atoms with E-state index >= 15 is 0 Å². The smallest absolute Gasteiger partial charge is 0.307 e. The molecule has 0 heterocycles. The van der Waals surface area contributed by atoms with Gasteiger partial charge in [0, 0.05) is 18.1 Å². The van der Waals surface area contributed by atoms with Crippen LogP contribution in [0.1, 0.15) is 18.9 Å². The van der Waals surface area contributed by atoms with Crippen molar-refractivity contribution in [1.82, 2.24) is 10.6 Å². The van der Waals surface area contributed by atoms with Crippen LogP contribution in [0.25, 0.3) is 0 Å². The van der Waals surface area contributed by atoms with Gasteiger partial charge >= 0.3 is 5.97 Å². The van der Waals surface area contributed by atoms with Crippen molar-refractivity contribution in [3.8, 4) is 5.75 Å². The molecule has 0 spiro atoms. The van der Waals surface area contributed by atoms with Gasteiger partial charge in [0.1, 0.15) is 5.75 Å². The van der Waals surface area contributed by atoms with Crippen LogP contribution in [-0.4, -0.2) is 45.8 Å². The van der Waals surface area contributed by atoms with Crippen LogP contribution >= 0.6 is 35.6 Å². The van der Waals surface area contributed by atoms with Crippen molar-refractivity contribution in [2.75, 3.05) is 33.9 Å². The zero-order valence-corrected chi connectivity index (χ0v) is 17.3. The van der Waals surface area contributed by atoms with Crippen LogP contribution in [0.4, 0.5) is 0 Å². The number of hydrogen-bond acceptors (Lipinski definition) is 4. The lowest BCUT2D eigenvalue weighted by Crippen LogP contribution is -2.38. The molecule has 1 aromatic carbocycles. The van der Waals surface area contributed by atoms with E-state index in [1.165, 1.54) is 7.11 Å². The van der Waals surface area contributed by atoms with Gasteiger partial charge < -0.3 is 20.1 Å². The minimum Gasteiger partial charge on any atom is -0.497 e. The second-order valence-electron chi connectivity index (χ2n) is 4.72. The van der Waals surface area contributed by atoms with Crippen LogP contribution in [0.15, 0.2) is 23.2 Å². The Bertz CT molecular complexity index is 541. The highest BCUT2D eigenvalue weighted by molar-refractivity contribution is 14.0. The number of hydrogen-bond donors (Lipinski definition) is 2. The van der Waals surface area contributed by atoms with Crippen molar-refractivity contribution < 1.29 is 14.3 Å². The lowest BCUT2D eigenvalue weighted by Gasteiger charge is -2.12. The second kappa shape index (κ2) is 13.1. The molecular weight excluding hydrogens is 445 g/mol. The number of benzene rings is 1. The van der Waals surface area contributed by atoms with Crippen molar-refractivity contribution in [3.05, 3.63) is 28.8 Å². The summed E-state index contributed by atoms with van der Waals surface area (Å²) in [7, 11) is 2.98. The highest BCUT2D eigenvalue weighted by Crippen LogP contribution is 2.22. The van der Waals surface area contributed by atoms with E-state index in [2.05, 4.69) is 20.4 Å². The van der Waals surface area contributed by atoms with Gasteiger partial charge in [-0.15, -0.1) is 24.0 Å². The van der Waals surface area contributed by atoms with Crippen LogP contribution in [0.3, 0.4) is 0 Å². The molecule has 1 aromatic rings. The first-order valence-corrected chi connectivity index (χ1v) is 7.90. The summed E-state index contributed by atoms with van der Waals surface area (Å²) in [6.45, 7) is 3.78. The Balaban J connectivity index is 0.00000529. The van der Waals surface area contributed by atoms with Crippen molar-refractivity contribution in [3.63, 3.8) is 0 Å². The Hall–Kier alpha value is -1.22. The SMILES string of the molecule is CCNC(=NCCC(=O)OC)NCCc1ccc(OC)cc1Cl.I. The third-order valence-corrected chi connectivity index (χ3v) is 3.46. The van der Waals surface area contributed by atoms with E-state index in [0.29, 0.717) is 24.1 Å². The summed E-state index contributed by atoms with van der Waals surface area (Å²) in [5.41, 5.74) is 1.03. The summed E-state index contributed by atoms with van der Waals surface area (Å²) < 4.78 is 9.72. The molecule has 0 aliphatic carbocycles. The molecule has 0 aliphatic heterocycles. The Morgan fingerprint density at radius 3 is 2.62 bits per heavy atom. The Morgan fingerprint density at radius 2 is 2.04 bits per heavy atom. The maximum atomic E-state index is 11.1. The summed E-state index contributed by atoms with van der Waals surface area (Å²) in [5, 5.41) is 7.02. The molecule has 0 radical (unpaired) electrons. The molecule has 0 unspecified atom stereocenters. The molecule has 0 bridgehead atoms. The van der Waals surface area contributed by atoms with Crippen LogP contribution < -0.4 is 15.4 Å². The molecule has 8 heteroatoms. The number of aliphatic imine (C=N–C) groups is 1. The number of nitrogens with one attached hydrogen (secondary N) is 2. The molecule has 0 saturated heterocycles. The number of carbonyl (C=O) groups is 1. The maximum Gasteiger partial charge on any atom is 0.307 e. The molecule has 1 rings (SSSR count). The van der Waals surface area contributed by atoms with Crippen LogP contribution in [0.2, 0.25) is 5.02 Å². The second-order valence-corrected chi connectivity index (χ2v) is 5.13. The third-order valence-electron chi connectivity index (χ3n) is 3.10. The average molecular weight is 470 g/mol. The number of esters is 1. The third kappa shape index (κ3) is 8.58. The first kappa shape index (κ1) is 22.8. The summed E-state index contributed by atoms with van der Waals surface area (Å²) >= 11 is 6.21. The molecule has 0 fully saturated rings. The van der Waals surface area contributed by atoms with Gasteiger partial charge in [0.25, 0.3) is 0 Å². The molecular formula is C16H25ClIN3O3. The van der Waals surface area contributed by atoms with E-state index in [-0.39, 0.29) is 36.4 Å². The van der Waals surface area contributed by atoms with E-state index < -0.39 is 0 Å². The minimum absolute atomic E-state index is 0. The zero-order chi connectivity index (χ0) is 17.1. The normalized spacial score (nSPS) is 10.6. The Morgan fingerprint density at radius 1 is 1.29 bits per heavy atom. The fourth-order valence-electron chi connectivity index (χ4n) is 1.88. The van der Waals surface area contributed by atoms with Gasteiger partial charge in [0.05, 0.1) is 27.2 Å². The number of carbonyl (C=O) groups excluding carboxylic acids is 1. The molecule has 6 nitrogen and oxygen atoms in total. The topological polar surface area (TPSA) is 72.0 Å². The molecule has 0 amide bonds. The predicted octanol–water partition coefficient (Wildman–Crippen LogP) is 2.63. The van der Waals surface area contributed by atoms with Crippen molar-refractivity contribution >= 4 is 47.5 Å². The lowest BCUT2D eigenvalue weighted by molar-refractivity contribution is -0.140. The maximum absolute atomic E-state index is 11.1. The van der Waals surface area contributed by atoms with Crippen molar-refractivity contribution in [2.45, 2.75) is 19.8 Å². The molecule has 0 aromatic heterocycles. The van der Waals surface area contributed by atoms with E-state index in [9.17, 15) is 4.79 Å². The number of ether oxygens (including phenoxy) is 2. The Kier molecular flexibility index (Phi) is 12.4. The van der Waals surface area contributed by atoms with Crippen molar-refractivity contribution in [2.24, 2.45) is 4.99 Å². The molecule has 0 atom stereocenters.